The van der Waals surface area contributed by atoms with Gasteiger partial charge in [-0.15, -0.1) is 0 Å². The average Bonchev–Trinajstić information content (AvgIpc) is 3.20. The maximum Gasteiger partial charge on any atom is 0.164 e. The third-order valence-corrected chi connectivity index (χ3v) is 7.41. The lowest BCUT2D eigenvalue weighted by molar-refractivity contribution is 0.0870. The number of piperidine rings is 3. The van der Waals surface area contributed by atoms with Crippen molar-refractivity contribution in [1.82, 2.24) is 34.4 Å². The van der Waals surface area contributed by atoms with Gasteiger partial charge in [0.05, 0.1) is 17.8 Å². The Bertz CT molecular complexity index is 1370. The summed E-state index contributed by atoms with van der Waals surface area (Å²) in [5.41, 5.74) is 4.71. The van der Waals surface area contributed by atoms with E-state index in [0.29, 0.717) is 52.6 Å². The van der Waals surface area contributed by atoms with Crippen molar-refractivity contribution in [2.24, 2.45) is 5.92 Å². The predicted octanol–water partition coefficient (Wildman–Crippen LogP) is 4.21. The summed E-state index contributed by atoms with van der Waals surface area (Å²) in [6.07, 6.45) is 5.94. The van der Waals surface area contributed by atoms with Crippen molar-refractivity contribution < 1.29 is 4.39 Å². The molecule has 3 aromatic heterocycles. The van der Waals surface area contributed by atoms with Gasteiger partial charge in [0, 0.05) is 24.5 Å². The smallest absolute Gasteiger partial charge is 0.164 e. The van der Waals surface area contributed by atoms with E-state index < -0.39 is 0 Å². The molecular formula is C26H28FN7. The third-order valence-electron chi connectivity index (χ3n) is 7.41. The molecule has 0 saturated carbocycles. The molecule has 1 aromatic carbocycles. The number of imidazole rings is 1. The van der Waals surface area contributed by atoms with Gasteiger partial charge in [-0.25, -0.2) is 29.3 Å². The van der Waals surface area contributed by atoms with Gasteiger partial charge >= 0.3 is 0 Å². The van der Waals surface area contributed by atoms with Crippen LogP contribution in [0.4, 0.5) is 4.39 Å². The summed E-state index contributed by atoms with van der Waals surface area (Å²) in [6, 6.07) is 5.80. The predicted molar refractivity (Wildman–Crippen MR) is 128 cm³/mol. The Morgan fingerprint density at radius 1 is 0.971 bits per heavy atom. The minimum atomic E-state index is -0.176. The zero-order chi connectivity index (χ0) is 23.4. The molecular weight excluding hydrogens is 429 g/mol. The van der Waals surface area contributed by atoms with Crippen LogP contribution in [0.25, 0.3) is 22.6 Å². The monoisotopic (exact) mass is 457 g/mol. The third kappa shape index (κ3) is 3.66. The van der Waals surface area contributed by atoms with Crippen molar-refractivity contribution in [2.75, 3.05) is 19.6 Å². The van der Waals surface area contributed by atoms with Crippen LogP contribution in [0.3, 0.4) is 0 Å². The van der Waals surface area contributed by atoms with Gasteiger partial charge in [-0.1, -0.05) is 12.1 Å². The highest BCUT2D eigenvalue weighted by Crippen LogP contribution is 2.39. The second kappa shape index (κ2) is 8.20. The Balaban J connectivity index is 1.40. The molecule has 7 rings (SSSR count). The quantitative estimate of drug-likeness (QED) is 0.457. The van der Waals surface area contributed by atoms with Crippen LogP contribution in [0, 0.1) is 32.5 Å². The van der Waals surface area contributed by atoms with Crippen LogP contribution >= 0.6 is 0 Å². The van der Waals surface area contributed by atoms with Gasteiger partial charge in [0.2, 0.25) is 0 Å². The fraction of sp³-hybridized carbons (Fsp3) is 0.423. The van der Waals surface area contributed by atoms with E-state index in [1.807, 2.05) is 31.4 Å². The summed E-state index contributed by atoms with van der Waals surface area (Å²) in [4.78, 5) is 25.1. The van der Waals surface area contributed by atoms with E-state index in [1.165, 1.54) is 25.9 Å². The molecule has 1 unspecified atom stereocenters. The van der Waals surface area contributed by atoms with E-state index in [1.54, 1.807) is 18.5 Å². The number of nitrogens with zero attached hydrogens (tertiary/aromatic N) is 7. The zero-order valence-electron chi connectivity index (χ0n) is 19.8. The van der Waals surface area contributed by atoms with Crippen LogP contribution in [0.1, 0.15) is 47.2 Å². The van der Waals surface area contributed by atoms with Gasteiger partial charge < -0.3 is 9.47 Å². The number of rotatable bonds is 4. The van der Waals surface area contributed by atoms with Gasteiger partial charge in [0.15, 0.2) is 5.65 Å². The first-order chi connectivity index (χ1) is 16.5. The molecule has 8 heteroatoms. The van der Waals surface area contributed by atoms with E-state index in [9.17, 15) is 0 Å². The molecule has 34 heavy (non-hydrogen) atoms. The largest absolute Gasteiger partial charge is 0.304 e. The van der Waals surface area contributed by atoms with Gasteiger partial charge in [0.1, 0.15) is 28.8 Å². The Morgan fingerprint density at radius 3 is 2.41 bits per heavy atom. The standard InChI is InChI=1S/C26H28FN7/c1-15-24-26(31-17(3)30-15)34(25(32-24)21-11-28-16(2)29-12-21)13-20-5-4-19(10-23(20)27)22-14-33-8-6-18(22)7-9-33/h4-5,10-12,18,22H,6-9,13-14H2,1-3H3. The minimum absolute atomic E-state index is 0.176. The Morgan fingerprint density at radius 2 is 1.74 bits per heavy atom. The van der Waals surface area contributed by atoms with Crippen LogP contribution in [0.15, 0.2) is 30.6 Å². The lowest BCUT2D eigenvalue weighted by Crippen LogP contribution is -2.46. The number of aryl methyl sites for hydroxylation is 3. The molecule has 0 spiro atoms. The zero-order valence-corrected chi connectivity index (χ0v) is 19.8. The maximum atomic E-state index is 15.5. The number of fused-ring (bicyclic) bond motifs is 4. The Kier molecular flexibility index (Phi) is 5.13. The first-order valence-corrected chi connectivity index (χ1v) is 12.0. The summed E-state index contributed by atoms with van der Waals surface area (Å²) in [5, 5.41) is 0. The van der Waals surface area contributed by atoms with E-state index in [2.05, 4.69) is 30.9 Å². The summed E-state index contributed by atoms with van der Waals surface area (Å²) in [6.45, 7) is 9.36. The molecule has 4 aromatic rings. The summed E-state index contributed by atoms with van der Waals surface area (Å²) in [7, 11) is 0. The van der Waals surface area contributed by atoms with Crippen molar-refractivity contribution in [3.63, 3.8) is 0 Å². The van der Waals surface area contributed by atoms with Crippen LogP contribution in [-0.2, 0) is 6.54 Å². The van der Waals surface area contributed by atoms with Gasteiger partial charge in [-0.3, -0.25) is 0 Å². The minimum Gasteiger partial charge on any atom is -0.304 e. The van der Waals surface area contributed by atoms with Crippen LogP contribution in [0.5, 0.6) is 0 Å². The summed E-state index contributed by atoms with van der Waals surface area (Å²) < 4.78 is 17.4. The summed E-state index contributed by atoms with van der Waals surface area (Å²) in [5.74, 6) is 2.94. The van der Waals surface area contributed by atoms with E-state index in [4.69, 9.17) is 4.98 Å². The summed E-state index contributed by atoms with van der Waals surface area (Å²) >= 11 is 0. The SMILES string of the molecule is Cc1ncc(-c2nc3c(C)nc(C)nc3n2Cc2ccc(C3CN4CCC3CC4)cc2F)cn1. The van der Waals surface area contributed by atoms with Crippen LogP contribution in [-0.4, -0.2) is 54.0 Å². The maximum absolute atomic E-state index is 15.5. The molecule has 0 radical (unpaired) electrons. The number of hydrogen-bond acceptors (Lipinski definition) is 6. The molecule has 3 fully saturated rings. The molecule has 0 amide bonds. The second-order valence-electron chi connectivity index (χ2n) is 9.66. The van der Waals surface area contributed by atoms with Gasteiger partial charge in [0.25, 0.3) is 0 Å². The van der Waals surface area contributed by atoms with Gasteiger partial charge in [-0.05, 0) is 70.2 Å². The molecule has 1 atom stereocenters. The highest BCUT2D eigenvalue weighted by atomic mass is 19.1. The fourth-order valence-electron chi connectivity index (χ4n) is 5.59. The Labute approximate surface area is 198 Å². The first-order valence-electron chi connectivity index (χ1n) is 12.0. The molecule has 0 aliphatic carbocycles. The average molecular weight is 458 g/mol. The normalized spacial score (nSPS) is 21.9. The highest BCUT2D eigenvalue weighted by Gasteiger charge is 2.35. The number of aromatic nitrogens is 6. The van der Waals surface area contributed by atoms with E-state index in [-0.39, 0.29) is 5.82 Å². The first kappa shape index (κ1) is 21.3. The number of benzene rings is 1. The van der Waals surface area contributed by atoms with Crippen LogP contribution in [0.2, 0.25) is 0 Å². The molecule has 0 N–H and O–H groups in total. The molecule has 2 bridgehead atoms. The molecule has 3 saturated heterocycles. The van der Waals surface area contributed by atoms with Crippen molar-refractivity contribution >= 4 is 11.2 Å². The Hall–Kier alpha value is -3.26. The number of hydrogen-bond donors (Lipinski definition) is 0. The molecule has 3 aliphatic heterocycles. The van der Waals surface area contributed by atoms with Crippen molar-refractivity contribution in [1.29, 1.82) is 0 Å². The van der Waals surface area contributed by atoms with Crippen LogP contribution < -0.4 is 0 Å². The fourth-order valence-corrected chi connectivity index (χ4v) is 5.59. The van der Waals surface area contributed by atoms with Crippen molar-refractivity contribution in [2.45, 2.75) is 46.1 Å². The molecule has 174 valence electrons. The highest BCUT2D eigenvalue weighted by molar-refractivity contribution is 5.79. The lowest BCUT2D eigenvalue weighted by Gasteiger charge is -2.45. The topological polar surface area (TPSA) is 72.6 Å². The van der Waals surface area contributed by atoms with E-state index in [0.717, 1.165) is 23.4 Å². The lowest BCUT2D eigenvalue weighted by atomic mass is 9.75. The van der Waals surface area contributed by atoms with Gasteiger partial charge in [-0.2, -0.15) is 0 Å². The number of halogens is 1. The van der Waals surface area contributed by atoms with Crippen molar-refractivity contribution in [3.8, 4) is 11.4 Å². The molecule has 3 aliphatic rings. The molecule has 7 nitrogen and oxygen atoms in total. The van der Waals surface area contributed by atoms with Crippen molar-refractivity contribution in [3.05, 3.63) is 64.9 Å². The second-order valence-corrected chi connectivity index (χ2v) is 9.66. The van der Waals surface area contributed by atoms with E-state index >= 15 is 4.39 Å². The molecule has 6 heterocycles.